The molecule has 0 fully saturated rings. The molecule has 2 atom stereocenters. The van der Waals surface area contributed by atoms with Crippen molar-refractivity contribution in [3.05, 3.63) is 58.7 Å². The summed E-state index contributed by atoms with van der Waals surface area (Å²) in [6.07, 6.45) is 3.19. The molecule has 0 radical (unpaired) electrons. The maximum absolute atomic E-state index is 5.59. The maximum atomic E-state index is 5.59. The summed E-state index contributed by atoms with van der Waals surface area (Å²) in [5.41, 5.74) is 5.68. The van der Waals surface area contributed by atoms with Gasteiger partial charge in [-0.3, -0.25) is 0 Å². The van der Waals surface area contributed by atoms with Gasteiger partial charge in [0.2, 0.25) is 0 Å². The highest BCUT2D eigenvalue weighted by Gasteiger charge is 2.26. The molecule has 2 aromatic rings. The van der Waals surface area contributed by atoms with E-state index in [1.54, 1.807) is 14.2 Å². The molecule has 0 aromatic heterocycles. The van der Waals surface area contributed by atoms with Gasteiger partial charge in [-0.25, -0.2) is 0 Å². The summed E-state index contributed by atoms with van der Waals surface area (Å²) in [5.74, 6) is 2.02. The highest BCUT2D eigenvalue weighted by Crippen LogP contribution is 2.41. The van der Waals surface area contributed by atoms with Crippen LogP contribution < -0.4 is 14.8 Å². The second kappa shape index (κ2) is 7.92. The van der Waals surface area contributed by atoms with Gasteiger partial charge in [0.25, 0.3) is 0 Å². The van der Waals surface area contributed by atoms with Gasteiger partial charge >= 0.3 is 0 Å². The van der Waals surface area contributed by atoms with E-state index >= 15 is 0 Å². The van der Waals surface area contributed by atoms with Crippen molar-refractivity contribution in [2.45, 2.75) is 45.1 Å². The zero-order valence-corrected chi connectivity index (χ0v) is 15.8. The number of rotatable bonds is 6. The lowest BCUT2D eigenvalue weighted by Crippen LogP contribution is -2.28. The first-order valence-corrected chi connectivity index (χ1v) is 9.23. The minimum Gasteiger partial charge on any atom is -0.493 e. The zero-order valence-electron chi connectivity index (χ0n) is 15.8. The lowest BCUT2D eigenvalue weighted by Gasteiger charge is -2.25. The van der Waals surface area contributed by atoms with Crippen LogP contribution in [0.2, 0.25) is 0 Å². The van der Waals surface area contributed by atoms with E-state index in [0.717, 1.165) is 37.3 Å². The Labute approximate surface area is 151 Å². The van der Waals surface area contributed by atoms with Crippen molar-refractivity contribution in [1.29, 1.82) is 0 Å². The van der Waals surface area contributed by atoms with Crippen LogP contribution in [-0.2, 0) is 12.8 Å². The number of methoxy groups -OCH3 is 2. The Morgan fingerprint density at radius 1 is 1.00 bits per heavy atom. The number of hydrogen-bond acceptors (Lipinski definition) is 3. The molecular weight excluding hydrogens is 310 g/mol. The first kappa shape index (κ1) is 17.8. The van der Waals surface area contributed by atoms with Gasteiger partial charge in [-0.15, -0.1) is 0 Å². The lowest BCUT2D eigenvalue weighted by atomic mass is 9.83. The first-order valence-electron chi connectivity index (χ1n) is 9.23. The quantitative estimate of drug-likeness (QED) is 0.850. The molecule has 1 aliphatic carbocycles. The van der Waals surface area contributed by atoms with E-state index in [2.05, 4.69) is 55.6 Å². The summed E-state index contributed by atoms with van der Waals surface area (Å²) in [7, 11) is 3.42. The summed E-state index contributed by atoms with van der Waals surface area (Å²) in [4.78, 5) is 0. The molecule has 0 spiro atoms. The second-order valence-corrected chi connectivity index (χ2v) is 6.85. The topological polar surface area (TPSA) is 30.5 Å². The highest BCUT2D eigenvalue weighted by atomic mass is 16.5. The van der Waals surface area contributed by atoms with E-state index in [0.29, 0.717) is 12.0 Å². The largest absolute Gasteiger partial charge is 0.493 e. The molecule has 134 valence electrons. The third-order valence-corrected chi connectivity index (χ3v) is 5.26. The van der Waals surface area contributed by atoms with Crippen LogP contribution >= 0.6 is 0 Å². The fourth-order valence-electron chi connectivity index (χ4n) is 4.06. The predicted molar refractivity (Wildman–Crippen MR) is 103 cm³/mol. The van der Waals surface area contributed by atoms with Crippen LogP contribution in [0.4, 0.5) is 0 Å². The molecular formula is C22H29NO2. The van der Waals surface area contributed by atoms with E-state index in [1.165, 1.54) is 22.3 Å². The Kier molecular flexibility index (Phi) is 5.64. The average molecular weight is 339 g/mol. The van der Waals surface area contributed by atoms with Crippen molar-refractivity contribution in [1.82, 2.24) is 5.32 Å². The molecule has 3 nitrogen and oxygen atoms in total. The molecule has 0 saturated carbocycles. The summed E-state index contributed by atoms with van der Waals surface area (Å²) in [6.45, 7) is 5.44. The minimum absolute atomic E-state index is 0.377. The third-order valence-electron chi connectivity index (χ3n) is 5.26. The Morgan fingerprint density at radius 3 is 2.40 bits per heavy atom. The Hall–Kier alpha value is -2.00. The molecule has 0 bridgehead atoms. The number of hydrogen-bond donors (Lipinski definition) is 1. The lowest BCUT2D eigenvalue weighted by molar-refractivity contribution is 0.353. The average Bonchev–Trinajstić information content (AvgIpc) is 2.78. The van der Waals surface area contributed by atoms with Gasteiger partial charge in [0.1, 0.15) is 0 Å². The maximum Gasteiger partial charge on any atom is 0.161 e. The normalized spacial score (nSPS) is 17.2. The molecule has 0 saturated heterocycles. The van der Waals surface area contributed by atoms with Gasteiger partial charge in [-0.1, -0.05) is 31.2 Å². The van der Waals surface area contributed by atoms with Gasteiger partial charge in [0.05, 0.1) is 14.2 Å². The monoisotopic (exact) mass is 339 g/mol. The van der Waals surface area contributed by atoms with Crippen molar-refractivity contribution in [3.8, 4) is 11.5 Å². The standard InChI is InChI=1S/C22H29NO2/c1-5-23-15(2)12-20-18-9-7-6-8-16(18)10-11-17-13-21(24-3)22(25-4)14-19(17)20/h6-9,13-15,20,23H,5,10-12H2,1-4H3. The van der Waals surface area contributed by atoms with Crippen molar-refractivity contribution in [3.63, 3.8) is 0 Å². The van der Waals surface area contributed by atoms with Crippen LogP contribution in [0.1, 0.15) is 48.4 Å². The molecule has 25 heavy (non-hydrogen) atoms. The van der Waals surface area contributed by atoms with Crippen LogP contribution in [0.3, 0.4) is 0 Å². The number of benzene rings is 2. The number of fused-ring (bicyclic) bond motifs is 2. The summed E-state index contributed by atoms with van der Waals surface area (Å²) in [6, 6.07) is 13.7. The van der Waals surface area contributed by atoms with Crippen molar-refractivity contribution < 1.29 is 9.47 Å². The van der Waals surface area contributed by atoms with E-state index in [9.17, 15) is 0 Å². The molecule has 2 unspecified atom stereocenters. The van der Waals surface area contributed by atoms with Gasteiger partial charge in [-0.2, -0.15) is 0 Å². The SMILES string of the molecule is CCNC(C)CC1c2ccccc2CCc2cc(OC)c(OC)cc21. The summed E-state index contributed by atoms with van der Waals surface area (Å²) in [5, 5.41) is 3.57. The summed E-state index contributed by atoms with van der Waals surface area (Å²) >= 11 is 0. The van der Waals surface area contributed by atoms with Crippen LogP contribution in [0.25, 0.3) is 0 Å². The molecule has 0 heterocycles. The molecule has 3 heteroatoms. The van der Waals surface area contributed by atoms with Crippen molar-refractivity contribution in [2.75, 3.05) is 20.8 Å². The fraction of sp³-hybridized carbons (Fsp3) is 0.455. The number of aryl methyl sites for hydroxylation is 2. The van der Waals surface area contributed by atoms with E-state index < -0.39 is 0 Å². The number of nitrogens with one attached hydrogen (secondary N) is 1. The molecule has 2 aromatic carbocycles. The molecule has 0 aliphatic heterocycles. The fourth-order valence-corrected chi connectivity index (χ4v) is 4.06. The molecule has 1 N–H and O–H groups in total. The van der Waals surface area contributed by atoms with Gasteiger partial charge < -0.3 is 14.8 Å². The second-order valence-electron chi connectivity index (χ2n) is 6.85. The van der Waals surface area contributed by atoms with Gasteiger partial charge in [0, 0.05) is 12.0 Å². The van der Waals surface area contributed by atoms with Crippen LogP contribution in [0.15, 0.2) is 36.4 Å². The van der Waals surface area contributed by atoms with E-state index in [-0.39, 0.29) is 0 Å². The first-order chi connectivity index (χ1) is 12.2. The van der Waals surface area contributed by atoms with Crippen LogP contribution in [0.5, 0.6) is 11.5 Å². The molecule has 3 rings (SSSR count). The van der Waals surface area contributed by atoms with Crippen LogP contribution in [0, 0.1) is 0 Å². The Morgan fingerprint density at radius 2 is 1.68 bits per heavy atom. The van der Waals surface area contributed by atoms with Crippen LogP contribution in [-0.4, -0.2) is 26.8 Å². The van der Waals surface area contributed by atoms with Crippen molar-refractivity contribution >= 4 is 0 Å². The molecule has 0 amide bonds. The predicted octanol–water partition coefficient (Wildman–Crippen LogP) is 4.32. The third kappa shape index (κ3) is 3.67. The van der Waals surface area contributed by atoms with Crippen molar-refractivity contribution in [2.24, 2.45) is 0 Å². The Bertz CT molecular complexity index is 726. The smallest absolute Gasteiger partial charge is 0.161 e. The Balaban J connectivity index is 2.10. The van der Waals surface area contributed by atoms with Gasteiger partial charge in [0.15, 0.2) is 11.5 Å². The highest BCUT2D eigenvalue weighted by molar-refractivity contribution is 5.53. The molecule has 1 aliphatic rings. The number of ether oxygens (including phenoxy) is 2. The van der Waals surface area contributed by atoms with Gasteiger partial charge in [-0.05, 0) is 67.1 Å². The minimum atomic E-state index is 0.377. The van der Waals surface area contributed by atoms with E-state index in [1.807, 2.05) is 0 Å². The van der Waals surface area contributed by atoms with E-state index in [4.69, 9.17) is 9.47 Å². The zero-order chi connectivity index (χ0) is 17.8. The summed E-state index contributed by atoms with van der Waals surface area (Å²) < 4.78 is 11.1.